The Labute approximate surface area is 158 Å². The normalized spacial score (nSPS) is 10.4. The maximum absolute atomic E-state index is 12.0. The third-order valence-electron chi connectivity index (χ3n) is 3.49. The van der Waals surface area contributed by atoms with Crippen LogP contribution in [0.4, 0.5) is 0 Å². The van der Waals surface area contributed by atoms with Gasteiger partial charge in [-0.15, -0.1) is 11.3 Å². The molecule has 0 bridgehead atoms. The number of amides is 2. The van der Waals surface area contributed by atoms with E-state index in [2.05, 4.69) is 15.4 Å². The molecule has 2 heterocycles. The van der Waals surface area contributed by atoms with Crippen LogP contribution in [0.25, 0.3) is 10.6 Å². The highest BCUT2D eigenvalue weighted by Gasteiger charge is 2.16. The summed E-state index contributed by atoms with van der Waals surface area (Å²) in [5.41, 5.74) is 1.67. The molecule has 27 heavy (non-hydrogen) atoms. The van der Waals surface area contributed by atoms with E-state index in [1.165, 1.54) is 11.3 Å². The van der Waals surface area contributed by atoms with Gasteiger partial charge in [0.15, 0.2) is 12.3 Å². The highest BCUT2D eigenvalue weighted by Crippen LogP contribution is 2.23. The number of aromatic nitrogens is 3. The number of carbonyl (C=O) groups excluding carboxylic acids is 3. The van der Waals surface area contributed by atoms with Crippen LogP contribution in [0.1, 0.15) is 16.1 Å². The molecule has 0 saturated carbocycles. The number of ether oxygens (including phenoxy) is 1. The van der Waals surface area contributed by atoms with Gasteiger partial charge in [0.05, 0.1) is 12.6 Å². The Morgan fingerprint density at radius 1 is 1.19 bits per heavy atom. The van der Waals surface area contributed by atoms with Crippen molar-refractivity contribution in [1.29, 1.82) is 0 Å². The monoisotopic (exact) mass is 384 g/mol. The Morgan fingerprint density at radius 3 is 2.67 bits per heavy atom. The Kier molecular flexibility index (Phi) is 5.72. The lowest BCUT2D eigenvalue weighted by Gasteiger charge is -2.05. The molecule has 0 fully saturated rings. The fraction of sp³-hybridized carbons (Fsp3) is 0.167. The summed E-state index contributed by atoms with van der Waals surface area (Å²) in [6.45, 7) is -0.556. The predicted molar refractivity (Wildman–Crippen MR) is 97.9 cm³/mol. The molecule has 0 atom stereocenters. The Hall–Kier alpha value is -3.33. The van der Waals surface area contributed by atoms with Crippen LogP contribution in [0.2, 0.25) is 0 Å². The predicted octanol–water partition coefficient (Wildman–Crippen LogP) is 1.59. The first-order chi connectivity index (χ1) is 13.0. The number of nitrogens with one attached hydrogen (secondary N) is 1. The standard InChI is InChI=1S/C18H16N4O4S/c1-22-9-13(8-19-22)17-20-14(11-27-17)18(25)26-10-16(24)21-15(23)7-12-5-3-2-4-6-12/h2-6,8-9,11H,7,10H2,1H3,(H,21,23,24). The second kappa shape index (κ2) is 8.37. The lowest BCUT2D eigenvalue weighted by Crippen LogP contribution is -2.35. The summed E-state index contributed by atoms with van der Waals surface area (Å²) in [5.74, 6) is -1.88. The third-order valence-corrected chi connectivity index (χ3v) is 4.38. The average molecular weight is 384 g/mol. The summed E-state index contributed by atoms with van der Waals surface area (Å²) in [5, 5.41) is 8.40. The van der Waals surface area contributed by atoms with E-state index in [4.69, 9.17) is 4.74 Å². The van der Waals surface area contributed by atoms with E-state index < -0.39 is 24.4 Å². The van der Waals surface area contributed by atoms with E-state index in [9.17, 15) is 14.4 Å². The van der Waals surface area contributed by atoms with Gasteiger partial charge in [-0.2, -0.15) is 5.10 Å². The SMILES string of the molecule is Cn1cc(-c2nc(C(=O)OCC(=O)NC(=O)Cc3ccccc3)cs2)cn1. The molecule has 0 saturated heterocycles. The smallest absolute Gasteiger partial charge is 0.358 e. The number of esters is 1. The Balaban J connectivity index is 1.48. The third kappa shape index (κ3) is 5.08. The molecule has 8 nitrogen and oxygen atoms in total. The lowest BCUT2D eigenvalue weighted by molar-refractivity contribution is -0.132. The summed E-state index contributed by atoms with van der Waals surface area (Å²) >= 11 is 1.27. The first-order valence-electron chi connectivity index (χ1n) is 7.99. The summed E-state index contributed by atoms with van der Waals surface area (Å²) in [4.78, 5) is 39.8. The molecule has 0 aliphatic heterocycles. The number of thiazole rings is 1. The van der Waals surface area contributed by atoms with Gasteiger partial charge in [-0.25, -0.2) is 9.78 Å². The molecule has 3 rings (SSSR count). The molecule has 0 spiro atoms. The van der Waals surface area contributed by atoms with E-state index in [0.29, 0.717) is 5.01 Å². The van der Waals surface area contributed by atoms with Gasteiger partial charge in [0.2, 0.25) is 5.91 Å². The quantitative estimate of drug-likeness (QED) is 0.648. The van der Waals surface area contributed by atoms with Crippen LogP contribution < -0.4 is 5.32 Å². The average Bonchev–Trinajstić information content (AvgIpc) is 3.29. The number of nitrogens with zero attached hydrogens (tertiary/aromatic N) is 3. The van der Waals surface area contributed by atoms with Crippen LogP contribution in [0, 0.1) is 0 Å². The maximum Gasteiger partial charge on any atom is 0.358 e. The number of aryl methyl sites for hydroxylation is 1. The first kappa shape index (κ1) is 18.5. The van der Waals surface area contributed by atoms with Gasteiger partial charge >= 0.3 is 5.97 Å². The van der Waals surface area contributed by atoms with Crippen LogP contribution in [0.5, 0.6) is 0 Å². The van der Waals surface area contributed by atoms with Crippen molar-refractivity contribution in [1.82, 2.24) is 20.1 Å². The number of benzene rings is 1. The van der Waals surface area contributed by atoms with Gasteiger partial charge in [0, 0.05) is 24.2 Å². The molecule has 3 aromatic rings. The minimum Gasteiger partial charge on any atom is -0.451 e. The topological polar surface area (TPSA) is 103 Å². The van der Waals surface area contributed by atoms with Crippen LogP contribution in [0.3, 0.4) is 0 Å². The summed E-state index contributed by atoms with van der Waals surface area (Å²) < 4.78 is 6.55. The van der Waals surface area contributed by atoms with Crippen molar-refractivity contribution >= 4 is 29.1 Å². The Bertz CT molecular complexity index is 965. The van der Waals surface area contributed by atoms with Gasteiger partial charge in [-0.3, -0.25) is 19.6 Å². The van der Waals surface area contributed by atoms with Gasteiger partial charge in [-0.05, 0) is 5.56 Å². The summed E-state index contributed by atoms with van der Waals surface area (Å²) in [6, 6.07) is 9.02. The second-order valence-electron chi connectivity index (χ2n) is 5.65. The molecule has 138 valence electrons. The highest BCUT2D eigenvalue weighted by molar-refractivity contribution is 7.13. The molecule has 1 N–H and O–H groups in total. The van der Waals surface area contributed by atoms with Gasteiger partial charge in [0.25, 0.3) is 5.91 Å². The second-order valence-corrected chi connectivity index (χ2v) is 6.51. The molecular formula is C18H16N4O4S. The van der Waals surface area contributed by atoms with Crippen molar-refractivity contribution in [3.05, 3.63) is 59.4 Å². The van der Waals surface area contributed by atoms with E-state index in [-0.39, 0.29) is 12.1 Å². The lowest BCUT2D eigenvalue weighted by atomic mass is 10.1. The molecule has 1 aromatic carbocycles. The summed E-state index contributed by atoms with van der Waals surface area (Å²) in [7, 11) is 1.78. The van der Waals surface area contributed by atoms with E-state index in [1.54, 1.807) is 53.8 Å². The van der Waals surface area contributed by atoms with Crippen LogP contribution in [-0.4, -0.2) is 39.2 Å². The highest BCUT2D eigenvalue weighted by atomic mass is 32.1. The number of hydrogen-bond donors (Lipinski definition) is 1. The van der Waals surface area contributed by atoms with Crippen molar-refractivity contribution < 1.29 is 19.1 Å². The minimum absolute atomic E-state index is 0.0705. The number of rotatable bonds is 6. The molecule has 2 amide bonds. The molecule has 9 heteroatoms. The van der Waals surface area contributed by atoms with E-state index in [1.807, 2.05) is 6.07 Å². The molecule has 0 radical (unpaired) electrons. The van der Waals surface area contributed by atoms with Gasteiger partial charge in [-0.1, -0.05) is 30.3 Å². The zero-order valence-corrected chi connectivity index (χ0v) is 15.2. The van der Waals surface area contributed by atoms with Gasteiger partial charge in [0.1, 0.15) is 5.01 Å². The number of hydrogen-bond acceptors (Lipinski definition) is 7. The van der Waals surface area contributed by atoms with Crippen molar-refractivity contribution in [3.63, 3.8) is 0 Å². The molecule has 0 aliphatic carbocycles. The first-order valence-corrected chi connectivity index (χ1v) is 8.87. The van der Waals surface area contributed by atoms with Crippen molar-refractivity contribution in [2.45, 2.75) is 6.42 Å². The van der Waals surface area contributed by atoms with Crippen molar-refractivity contribution in [2.75, 3.05) is 6.61 Å². The van der Waals surface area contributed by atoms with E-state index in [0.717, 1.165) is 11.1 Å². The molecule has 0 aliphatic rings. The molecule has 0 unspecified atom stereocenters. The zero-order valence-electron chi connectivity index (χ0n) is 14.4. The largest absolute Gasteiger partial charge is 0.451 e. The fourth-order valence-electron chi connectivity index (χ4n) is 2.25. The van der Waals surface area contributed by atoms with Crippen LogP contribution in [-0.2, 0) is 27.8 Å². The fourth-order valence-corrected chi connectivity index (χ4v) is 3.02. The number of imide groups is 1. The Morgan fingerprint density at radius 2 is 1.96 bits per heavy atom. The maximum atomic E-state index is 12.0. The molecule has 2 aromatic heterocycles. The molecular weight excluding hydrogens is 368 g/mol. The van der Waals surface area contributed by atoms with Crippen molar-refractivity contribution in [2.24, 2.45) is 7.05 Å². The summed E-state index contributed by atoms with van der Waals surface area (Å²) in [6.07, 6.45) is 3.49. The van der Waals surface area contributed by atoms with Gasteiger partial charge < -0.3 is 4.74 Å². The minimum atomic E-state index is -0.730. The van der Waals surface area contributed by atoms with Crippen LogP contribution in [0.15, 0.2) is 48.1 Å². The van der Waals surface area contributed by atoms with Crippen LogP contribution >= 0.6 is 11.3 Å². The van der Waals surface area contributed by atoms with E-state index >= 15 is 0 Å². The van der Waals surface area contributed by atoms with Crippen molar-refractivity contribution in [3.8, 4) is 10.6 Å². The number of carbonyl (C=O) groups is 3. The zero-order chi connectivity index (χ0) is 19.2.